The Balaban J connectivity index is 2.38. The van der Waals surface area contributed by atoms with Crippen LogP contribution in [0.2, 0.25) is 0 Å². The summed E-state index contributed by atoms with van der Waals surface area (Å²) in [5, 5.41) is 5.27. The van der Waals surface area contributed by atoms with Crippen LogP contribution in [0.4, 0.5) is 0 Å². The second kappa shape index (κ2) is 7.94. The lowest BCUT2D eigenvalue weighted by Crippen LogP contribution is -2.33. The van der Waals surface area contributed by atoms with Gasteiger partial charge >= 0.3 is 0 Å². The third kappa shape index (κ3) is 5.12. The van der Waals surface area contributed by atoms with E-state index in [9.17, 15) is 9.59 Å². The molecule has 0 aliphatic carbocycles. The summed E-state index contributed by atoms with van der Waals surface area (Å²) in [6.07, 6.45) is 0.913. The molecular formula is C22H33N3O3. The molecule has 0 bridgehead atoms. The van der Waals surface area contributed by atoms with Crippen LogP contribution in [0.25, 0.3) is 10.9 Å². The highest BCUT2D eigenvalue weighted by molar-refractivity contribution is 6.08. The fourth-order valence-electron chi connectivity index (χ4n) is 2.80. The van der Waals surface area contributed by atoms with E-state index in [0.29, 0.717) is 18.0 Å². The van der Waals surface area contributed by atoms with E-state index in [1.54, 1.807) is 16.7 Å². The Labute approximate surface area is 167 Å². The van der Waals surface area contributed by atoms with Gasteiger partial charge in [-0.05, 0) is 24.0 Å². The number of carbonyl (C=O) groups excluding carboxylic acids is 2. The van der Waals surface area contributed by atoms with Crippen molar-refractivity contribution in [2.45, 2.75) is 54.5 Å². The Morgan fingerprint density at radius 1 is 1.14 bits per heavy atom. The molecular weight excluding hydrogens is 354 g/mol. The summed E-state index contributed by atoms with van der Waals surface area (Å²) < 4.78 is 6.94. The second-order valence-corrected chi connectivity index (χ2v) is 9.59. The molecule has 0 aliphatic rings. The molecule has 6 nitrogen and oxygen atoms in total. The molecule has 28 heavy (non-hydrogen) atoms. The van der Waals surface area contributed by atoms with Gasteiger partial charge in [-0.15, -0.1) is 0 Å². The largest absolute Gasteiger partial charge is 0.497 e. The van der Waals surface area contributed by atoms with Crippen LogP contribution in [0, 0.1) is 10.8 Å². The first-order valence-corrected chi connectivity index (χ1v) is 9.67. The number of ether oxygens (including phenoxy) is 1. The number of benzene rings is 1. The topological polar surface area (TPSA) is 64.4 Å². The van der Waals surface area contributed by atoms with Crippen molar-refractivity contribution in [3.63, 3.8) is 0 Å². The molecule has 6 heteroatoms. The highest BCUT2D eigenvalue weighted by Gasteiger charge is 2.28. The molecule has 0 saturated heterocycles. The van der Waals surface area contributed by atoms with Crippen LogP contribution in [0.15, 0.2) is 18.2 Å². The minimum Gasteiger partial charge on any atom is -0.497 e. The van der Waals surface area contributed by atoms with Crippen LogP contribution < -0.4 is 4.74 Å². The molecule has 0 radical (unpaired) electrons. The number of hydrogen-bond donors (Lipinski definition) is 0. The lowest BCUT2D eigenvalue weighted by atomic mass is 9.88. The van der Waals surface area contributed by atoms with Crippen LogP contribution >= 0.6 is 0 Å². The predicted molar refractivity (Wildman–Crippen MR) is 112 cm³/mol. The van der Waals surface area contributed by atoms with Crippen LogP contribution in [0.1, 0.15) is 58.5 Å². The SMILES string of the molecule is COc1ccc2c(C(=O)C(C)(C)C)nn(CC(=O)N(C)CCC(C)(C)C)c2c1. The fourth-order valence-corrected chi connectivity index (χ4v) is 2.80. The van der Waals surface area contributed by atoms with Crippen LogP contribution in [0.5, 0.6) is 5.75 Å². The Hall–Kier alpha value is -2.37. The van der Waals surface area contributed by atoms with E-state index in [4.69, 9.17) is 4.74 Å². The minimum atomic E-state index is -0.556. The molecule has 0 N–H and O–H groups in total. The Kier molecular flexibility index (Phi) is 6.21. The maximum Gasteiger partial charge on any atom is 0.244 e. The lowest BCUT2D eigenvalue weighted by Gasteiger charge is -2.23. The van der Waals surface area contributed by atoms with Gasteiger partial charge < -0.3 is 9.64 Å². The van der Waals surface area contributed by atoms with E-state index < -0.39 is 5.41 Å². The monoisotopic (exact) mass is 387 g/mol. The van der Waals surface area contributed by atoms with Gasteiger partial charge in [0, 0.05) is 30.5 Å². The number of fused-ring (bicyclic) bond motifs is 1. The van der Waals surface area contributed by atoms with E-state index in [1.807, 2.05) is 46.0 Å². The third-order valence-corrected chi connectivity index (χ3v) is 4.76. The number of aromatic nitrogens is 2. The van der Waals surface area contributed by atoms with Crippen molar-refractivity contribution in [3.8, 4) is 5.75 Å². The summed E-state index contributed by atoms with van der Waals surface area (Å²) in [4.78, 5) is 27.4. The van der Waals surface area contributed by atoms with Crippen LogP contribution in [-0.4, -0.2) is 47.1 Å². The average Bonchev–Trinajstić information content (AvgIpc) is 2.94. The zero-order valence-corrected chi connectivity index (χ0v) is 18.4. The molecule has 0 saturated carbocycles. The minimum absolute atomic E-state index is 0.0359. The number of carbonyl (C=O) groups is 2. The number of methoxy groups -OCH3 is 1. The quantitative estimate of drug-likeness (QED) is 0.698. The number of hydrogen-bond acceptors (Lipinski definition) is 4. The van der Waals surface area contributed by atoms with Crippen molar-refractivity contribution in [2.75, 3.05) is 20.7 Å². The van der Waals surface area contributed by atoms with Gasteiger partial charge in [0.15, 0.2) is 5.78 Å². The summed E-state index contributed by atoms with van der Waals surface area (Å²) >= 11 is 0. The molecule has 0 spiro atoms. The van der Waals surface area contributed by atoms with Gasteiger partial charge in [-0.2, -0.15) is 5.10 Å². The summed E-state index contributed by atoms with van der Waals surface area (Å²) in [5.74, 6) is 0.582. The Bertz CT molecular complexity index is 870. The Morgan fingerprint density at radius 3 is 2.32 bits per heavy atom. The molecule has 154 valence electrons. The van der Waals surface area contributed by atoms with Gasteiger partial charge in [-0.25, -0.2) is 0 Å². The lowest BCUT2D eigenvalue weighted by molar-refractivity contribution is -0.130. The maximum absolute atomic E-state index is 12.9. The number of rotatable bonds is 6. The van der Waals surface area contributed by atoms with Crippen LogP contribution in [-0.2, 0) is 11.3 Å². The predicted octanol–water partition coefficient (Wildman–Crippen LogP) is 4.17. The van der Waals surface area contributed by atoms with Crippen LogP contribution in [0.3, 0.4) is 0 Å². The summed E-state index contributed by atoms with van der Waals surface area (Å²) in [6, 6.07) is 5.47. The number of amides is 1. The fraction of sp³-hybridized carbons (Fsp3) is 0.591. The molecule has 0 fully saturated rings. The molecule has 1 aromatic heterocycles. The van der Waals surface area contributed by atoms with Gasteiger partial charge in [0.05, 0.1) is 12.6 Å². The molecule has 1 amide bonds. The number of Topliss-reactive ketones (excluding diaryl/α,β-unsaturated/α-hetero) is 1. The van der Waals surface area contributed by atoms with Crippen molar-refractivity contribution in [1.82, 2.24) is 14.7 Å². The van der Waals surface area contributed by atoms with E-state index in [2.05, 4.69) is 25.9 Å². The molecule has 0 atom stereocenters. The molecule has 2 aromatic rings. The molecule has 1 heterocycles. The number of ketones is 1. The normalized spacial score (nSPS) is 12.3. The first kappa shape index (κ1) is 21.9. The molecule has 0 aliphatic heterocycles. The van der Waals surface area contributed by atoms with Crippen molar-refractivity contribution in [3.05, 3.63) is 23.9 Å². The van der Waals surface area contributed by atoms with Crippen molar-refractivity contribution in [1.29, 1.82) is 0 Å². The second-order valence-electron chi connectivity index (χ2n) is 9.59. The third-order valence-electron chi connectivity index (χ3n) is 4.76. The summed E-state index contributed by atoms with van der Waals surface area (Å²) in [6.45, 7) is 12.8. The van der Waals surface area contributed by atoms with Gasteiger partial charge in [-0.3, -0.25) is 14.3 Å². The number of likely N-dealkylation sites (N-methyl/N-ethyl adjacent to an activating group) is 1. The van der Waals surface area contributed by atoms with Gasteiger partial charge in [0.2, 0.25) is 5.91 Å². The highest BCUT2D eigenvalue weighted by atomic mass is 16.5. The first-order chi connectivity index (χ1) is 12.8. The van der Waals surface area contributed by atoms with Gasteiger partial charge in [-0.1, -0.05) is 41.5 Å². The van der Waals surface area contributed by atoms with E-state index in [1.165, 1.54) is 0 Å². The van der Waals surface area contributed by atoms with Gasteiger partial charge in [0.25, 0.3) is 0 Å². The standard InChI is InChI=1S/C22H33N3O3/c1-21(2,3)11-12-24(7)18(26)14-25-17-13-15(28-8)9-10-16(17)19(23-25)20(27)22(4,5)6/h9-10,13H,11-12,14H2,1-8H3. The molecule has 0 unspecified atom stereocenters. The zero-order chi connectivity index (χ0) is 21.3. The maximum atomic E-state index is 12.9. The van der Waals surface area contributed by atoms with Crippen molar-refractivity contribution in [2.24, 2.45) is 10.8 Å². The van der Waals surface area contributed by atoms with E-state index in [-0.39, 0.29) is 23.7 Å². The number of nitrogens with zero attached hydrogens (tertiary/aromatic N) is 3. The highest BCUT2D eigenvalue weighted by Crippen LogP contribution is 2.29. The van der Waals surface area contributed by atoms with Crippen molar-refractivity contribution < 1.29 is 14.3 Å². The average molecular weight is 388 g/mol. The van der Waals surface area contributed by atoms with E-state index >= 15 is 0 Å². The molecule has 1 aromatic carbocycles. The van der Waals surface area contributed by atoms with Crippen molar-refractivity contribution >= 4 is 22.6 Å². The summed E-state index contributed by atoms with van der Waals surface area (Å²) in [7, 11) is 3.40. The summed E-state index contributed by atoms with van der Waals surface area (Å²) in [5.41, 5.74) is 0.728. The Morgan fingerprint density at radius 2 is 1.79 bits per heavy atom. The zero-order valence-electron chi connectivity index (χ0n) is 18.4. The van der Waals surface area contributed by atoms with Gasteiger partial charge in [0.1, 0.15) is 18.0 Å². The smallest absolute Gasteiger partial charge is 0.244 e. The van der Waals surface area contributed by atoms with E-state index in [0.717, 1.165) is 17.3 Å². The molecule has 2 rings (SSSR count). The first-order valence-electron chi connectivity index (χ1n) is 9.67.